The SMILES string of the molecule is CCOC(=O)c1c2c3n(c1-c1ccccc1)CCN(Cc1ccccc1)C3CCC2. The molecule has 1 aliphatic carbocycles. The predicted molar refractivity (Wildman–Crippen MR) is 118 cm³/mol. The quantitative estimate of drug-likeness (QED) is 0.551. The van der Waals surface area contributed by atoms with Crippen LogP contribution in [0.2, 0.25) is 0 Å². The van der Waals surface area contributed by atoms with Crippen molar-refractivity contribution >= 4 is 5.97 Å². The van der Waals surface area contributed by atoms with Crippen LogP contribution in [0.3, 0.4) is 0 Å². The summed E-state index contributed by atoms with van der Waals surface area (Å²) in [4.78, 5) is 15.7. The highest BCUT2D eigenvalue weighted by Gasteiger charge is 2.39. The number of rotatable bonds is 5. The van der Waals surface area contributed by atoms with Gasteiger partial charge in [0.25, 0.3) is 0 Å². The number of hydrogen-bond acceptors (Lipinski definition) is 3. The van der Waals surface area contributed by atoms with E-state index in [0.717, 1.165) is 55.7 Å². The fourth-order valence-corrected chi connectivity index (χ4v) is 5.23. The van der Waals surface area contributed by atoms with Gasteiger partial charge >= 0.3 is 5.97 Å². The zero-order valence-electron chi connectivity index (χ0n) is 17.5. The standard InChI is InChI=1S/C26H28N2O2/c1-2-30-26(29)23-21-14-9-15-22-25(21)28(24(23)20-12-7-4-8-13-20)17-16-27(22)18-19-10-5-3-6-11-19/h3-8,10-13,22H,2,9,14-18H2,1H3. The predicted octanol–water partition coefficient (Wildman–Crippen LogP) is 5.23. The van der Waals surface area contributed by atoms with Gasteiger partial charge in [-0.1, -0.05) is 60.7 Å². The molecule has 1 aliphatic heterocycles. The Morgan fingerprint density at radius 1 is 1.03 bits per heavy atom. The molecule has 1 aromatic heterocycles. The lowest BCUT2D eigenvalue weighted by Gasteiger charge is -2.40. The molecule has 0 bridgehead atoms. The zero-order valence-corrected chi connectivity index (χ0v) is 17.5. The molecule has 0 saturated heterocycles. The summed E-state index contributed by atoms with van der Waals surface area (Å²) in [6.45, 7) is 5.12. The molecular formula is C26H28N2O2. The molecule has 0 radical (unpaired) electrons. The number of hydrogen-bond donors (Lipinski definition) is 0. The highest BCUT2D eigenvalue weighted by atomic mass is 16.5. The molecule has 0 spiro atoms. The van der Waals surface area contributed by atoms with Crippen molar-refractivity contribution in [1.29, 1.82) is 0 Å². The third-order valence-electron chi connectivity index (χ3n) is 6.44. The third kappa shape index (κ3) is 3.25. The van der Waals surface area contributed by atoms with Crippen LogP contribution in [0.4, 0.5) is 0 Å². The second-order valence-electron chi connectivity index (χ2n) is 8.19. The number of benzene rings is 2. The van der Waals surface area contributed by atoms with Gasteiger partial charge in [-0.25, -0.2) is 4.79 Å². The Labute approximate surface area is 178 Å². The van der Waals surface area contributed by atoms with Gasteiger partial charge < -0.3 is 9.30 Å². The summed E-state index contributed by atoms with van der Waals surface area (Å²) in [5, 5.41) is 0. The summed E-state index contributed by atoms with van der Waals surface area (Å²) in [6.07, 6.45) is 3.19. The van der Waals surface area contributed by atoms with E-state index in [4.69, 9.17) is 4.74 Å². The maximum absolute atomic E-state index is 13.1. The van der Waals surface area contributed by atoms with Crippen molar-refractivity contribution in [1.82, 2.24) is 9.47 Å². The number of carbonyl (C=O) groups excluding carboxylic acids is 1. The van der Waals surface area contributed by atoms with E-state index in [1.807, 2.05) is 25.1 Å². The molecule has 30 heavy (non-hydrogen) atoms. The molecule has 2 aliphatic rings. The number of aromatic nitrogens is 1. The van der Waals surface area contributed by atoms with Crippen molar-refractivity contribution in [2.24, 2.45) is 0 Å². The highest BCUT2D eigenvalue weighted by molar-refractivity contribution is 5.99. The van der Waals surface area contributed by atoms with Gasteiger partial charge in [0, 0.05) is 25.3 Å². The number of carbonyl (C=O) groups is 1. The third-order valence-corrected chi connectivity index (χ3v) is 6.44. The van der Waals surface area contributed by atoms with Crippen molar-refractivity contribution in [2.75, 3.05) is 13.2 Å². The molecule has 5 rings (SSSR count). The maximum Gasteiger partial charge on any atom is 0.340 e. The van der Waals surface area contributed by atoms with Crippen molar-refractivity contribution in [3.8, 4) is 11.3 Å². The van der Waals surface area contributed by atoms with E-state index >= 15 is 0 Å². The van der Waals surface area contributed by atoms with Crippen LogP contribution in [0.1, 0.15) is 53.0 Å². The molecule has 0 amide bonds. The monoisotopic (exact) mass is 400 g/mol. The second-order valence-corrected chi connectivity index (χ2v) is 8.19. The molecule has 4 heteroatoms. The molecular weight excluding hydrogens is 372 g/mol. The molecule has 0 N–H and O–H groups in total. The molecule has 154 valence electrons. The summed E-state index contributed by atoms with van der Waals surface area (Å²) in [6, 6.07) is 21.4. The number of ether oxygens (including phenoxy) is 1. The number of nitrogens with zero attached hydrogens (tertiary/aromatic N) is 2. The zero-order chi connectivity index (χ0) is 20.5. The first kappa shape index (κ1) is 19.1. The van der Waals surface area contributed by atoms with Crippen LogP contribution < -0.4 is 0 Å². The summed E-state index contributed by atoms with van der Waals surface area (Å²) < 4.78 is 7.95. The largest absolute Gasteiger partial charge is 0.462 e. The first-order valence-electron chi connectivity index (χ1n) is 11.0. The minimum absolute atomic E-state index is 0.177. The Hall–Kier alpha value is -2.85. The van der Waals surface area contributed by atoms with Crippen molar-refractivity contribution in [3.63, 3.8) is 0 Å². The second kappa shape index (κ2) is 8.11. The maximum atomic E-state index is 13.1. The molecule has 3 aromatic rings. The summed E-state index contributed by atoms with van der Waals surface area (Å²) in [5.74, 6) is -0.177. The first-order valence-corrected chi connectivity index (χ1v) is 11.0. The molecule has 1 atom stereocenters. The summed E-state index contributed by atoms with van der Waals surface area (Å²) in [5.41, 5.74) is 6.84. The van der Waals surface area contributed by atoms with Crippen molar-refractivity contribution < 1.29 is 9.53 Å². The Bertz CT molecular complexity index is 1040. The van der Waals surface area contributed by atoms with E-state index in [-0.39, 0.29) is 5.97 Å². The van der Waals surface area contributed by atoms with Crippen LogP contribution in [-0.2, 0) is 24.2 Å². The Balaban J connectivity index is 1.62. The molecule has 4 nitrogen and oxygen atoms in total. The van der Waals surface area contributed by atoms with Gasteiger partial charge in [0.1, 0.15) is 0 Å². The molecule has 0 saturated carbocycles. The molecule has 2 heterocycles. The van der Waals surface area contributed by atoms with E-state index in [0.29, 0.717) is 12.6 Å². The summed E-state index contributed by atoms with van der Waals surface area (Å²) in [7, 11) is 0. The number of esters is 1. The topological polar surface area (TPSA) is 34.5 Å². The molecule has 2 aromatic carbocycles. The van der Waals surface area contributed by atoms with Gasteiger partial charge in [-0.05, 0) is 42.9 Å². The van der Waals surface area contributed by atoms with Gasteiger partial charge in [-0.15, -0.1) is 0 Å². The Morgan fingerprint density at radius 2 is 1.77 bits per heavy atom. The minimum atomic E-state index is -0.177. The average Bonchev–Trinajstić information content (AvgIpc) is 3.13. The van der Waals surface area contributed by atoms with E-state index in [1.54, 1.807) is 0 Å². The first-order chi connectivity index (χ1) is 14.8. The van der Waals surface area contributed by atoms with Gasteiger partial charge in [0.05, 0.1) is 23.9 Å². The van der Waals surface area contributed by atoms with Crippen LogP contribution in [0.5, 0.6) is 0 Å². The highest BCUT2D eigenvalue weighted by Crippen LogP contribution is 2.45. The van der Waals surface area contributed by atoms with Gasteiger partial charge in [-0.3, -0.25) is 4.90 Å². The lowest BCUT2D eigenvalue weighted by atomic mass is 9.88. The molecule has 1 unspecified atom stereocenters. The Morgan fingerprint density at radius 3 is 2.50 bits per heavy atom. The van der Waals surface area contributed by atoms with Gasteiger partial charge in [-0.2, -0.15) is 0 Å². The van der Waals surface area contributed by atoms with Crippen LogP contribution in [-0.4, -0.2) is 28.6 Å². The van der Waals surface area contributed by atoms with Crippen LogP contribution in [0.15, 0.2) is 60.7 Å². The van der Waals surface area contributed by atoms with Crippen LogP contribution in [0.25, 0.3) is 11.3 Å². The Kier molecular flexibility index (Phi) is 5.17. The van der Waals surface area contributed by atoms with Crippen LogP contribution in [0, 0.1) is 0 Å². The minimum Gasteiger partial charge on any atom is -0.462 e. The smallest absolute Gasteiger partial charge is 0.340 e. The van der Waals surface area contributed by atoms with E-state index < -0.39 is 0 Å². The lowest BCUT2D eigenvalue weighted by molar-refractivity contribution is 0.0526. The fraction of sp³-hybridized carbons (Fsp3) is 0.346. The van der Waals surface area contributed by atoms with Gasteiger partial charge in [0.15, 0.2) is 0 Å². The van der Waals surface area contributed by atoms with Gasteiger partial charge in [0.2, 0.25) is 0 Å². The van der Waals surface area contributed by atoms with Crippen molar-refractivity contribution in [3.05, 3.63) is 83.0 Å². The van der Waals surface area contributed by atoms with Crippen molar-refractivity contribution in [2.45, 2.75) is 45.3 Å². The van der Waals surface area contributed by atoms with E-state index in [2.05, 4.69) is 51.9 Å². The fourth-order valence-electron chi connectivity index (χ4n) is 5.23. The average molecular weight is 401 g/mol. The normalized spacial score (nSPS) is 18.1. The van der Waals surface area contributed by atoms with E-state index in [9.17, 15) is 4.79 Å². The lowest BCUT2D eigenvalue weighted by Crippen LogP contribution is -2.39. The van der Waals surface area contributed by atoms with E-state index in [1.165, 1.54) is 16.8 Å². The molecule has 0 fully saturated rings. The summed E-state index contributed by atoms with van der Waals surface area (Å²) >= 11 is 0. The van der Waals surface area contributed by atoms with Crippen LogP contribution >= 0.6 is 0 Å².